The van der Waals surface area contributed by atoms with Gasteiger partial charge in [0.2, 0.25) is 0 Å². The summed E-state index contributed by atoms with van der Waals surface area (Å²) in [6.45, 7) is 4.02. The molecule has 0 fully saturated rings. The van der Waals surface area contributed by atoms with Crippen LogP contribution in [0.3, 0.4) is 0 Å². The predicted octanol–water partition coefficient (Wildman–Crippen LogP) is 2.36. The van der Waals surface area contributed by atoms with E-state index in [2.05, 4.69) is 29.4 Å². The Kier molecular flexibility index (Phi) is 3.57. The van der Waals surface area contributed by atoms with Crippen molar-refractivity contribution in [3.63, 3.8) is 0 Å². The molecule has 3 nitrogen and oxygen atoms in total. The Morgan fingerprint density at radius 3 is 2.94 bits per heavy atom. The van der Waals surface area contributed by atoms with E-state index >= 15 is 0 Å². The molecular formula is C13H17ClN2O. The number of ether oxygens (including phenoxy) is 1. The lowest BCUT2D eigenvalue weighted by Crippen LogP contribution is -2.32. The number of halogens is 1. The zero-order valence-electron chi connectivity index (χ0n) is 9.85. The highest BCUT2D eigenvalue weighted by Crippen LogP contribution is 2.39. The molecule has 0 amide bonds. The zero-order chi connectivity index (χ0) is 11.0. The van der Waals surface area contributed by atoms with Gasteiger partial charge in [-0.25, -0.2) is 0 Å². The fourth-order valence-electron chi connectivity index (χ4n) is 2.54. The number of rotatable bonds is 2. The molecule has 1 aromatic rings. The quantitative estimate of drug-likeness (QED) is 0.877. The smallest absolute Gasteiger partial charge is 0.123 e. The number of nitrogens with one attached hydrogen (secondary N) is 1. The van der Waals surface area contributed by atoms with Gasteiger partial charge in [0.1, 0.15) is 17.7 Å². The van der Waals surface area contributed by atoms with Gasteiger partial charge in [0, 0.05) is 12.1 Å². The molecule has 0 saturated carbocycles. The van der Waals surface area contributed by atoms with Crippen molar-refractivity contribution in [3.05, 3.63) is 29.8 Å². The average Bonchev–Trinajstić information content (AvgIpc) is 2.94. The Morgan fingerprint density at radius 2 is 2.24 bits per heavy atom. The van der Waals surface area contributed by atoms with E-state index in [1.807, 2.05) is 12.1 Å². The molecule has 2 unspecified atom stereocenters. The van der Waals surface area contributed by atoms with Crippen molar-refractivity contribution in [1.82, 2.24) is 5.32 Å². The third-order valence-electron chi connectivity index (χ3n) is 3.30. The number of amidine groups is 1. The van der Waals surface area contributed by atoms with E-state index in [9.17, 15) is 0 Å². The van der Waals surface area contributed by atoms with Crippen molar-refractivity contribution in [1.29, 1.82) is 0 Å². The molecule has 1 aromatic carbocycles. The van der Waals surface area contributed by atoms with Gasteiger partial charge in [-0.15, -0.1) is 12.4 Å². The van der Waals surface area contributed by atoms with E-state index < -0.39 is 0 Å². The van der Waals surface area contributed by atoms with Crippen LogP contribution in [0.5, 0.6) is 5.75 Å². The molecule has 0 aromatic heterocycles. The average molecular weight is 253 g/mol. The number of nitrogens with zero attached hydrogens (tertiary/aromatic N) is 1. The summed E-state index contributed by atoms with van der Waals surface area (Å²) in [6, 6.07) is 8.30. The van der Waals surface area contributed by atoms with E-state index in [1.54, 1.807) is 0 Å². The van der Waals surface area contributed by atoms with Crippen LogP contribution in [-0.2, 0) is 0 Å². The Balaban J connectivity index is 0.00000108. The van der Waals surface area contributed by atoms with Gasteiger partial charge in [-0.3, -0.25) is 4.99 Å². The molecule has 0 aliphatic carbocycles. The first-order valence-electron chi connectivity index (χ1n) is 5.94. The van der Waals surface area contributed by atoms with Crippen LogP contribution >= 0.6 is 12.4 Å². The molecule has 1 N–H and O–H groups in total. The number of hydrogen-bond donors (Lipinski definition) is 1. The highest BCUT2D eigenvalue weighted by atomic mass is 35.5. The minimum absolute atomic E-state index is 0. The first kappa shape index (κ1) is 12.2. The van der Waals surface area contributed by atoms with Gasteiger partial charge in [-0.05, 0) is 12.5 Å². The van der Waals surface area contributed by atoms with Crippen molar-refractivity contribution in [2.45, 2.75) is 25.4 Å². The molecule has 92 valence electrons. The largest absolute Gasteiger partial charge is 0.489 e. The molecule has 2 aliphatic rings. The maximum atomic E-state index is 5.96. The number of hydrogen-bond acceptors (Lipinski definition) is 3. The Morgan fingerprint density at radius 1 is 1.41 bits per heavy atom. The van der Waals surface area contributed by atoms with E-state index in [0.29, 0.717) is 5.92 Å². The minimum atomic E-state index is 0. The molecule has 2 aliphatic heterocycles. The van der Waals surface area contributed by atoms with Crippen molar-refractivity contribution < 1.29 is 4.74 Å². The fourth-order valence-corrected chi connectivity index (χ4v) is 2.54. The molecule has 3 rings (SSSR count). The van der Waals surface area contributed by atoms with Gasteiger partial charge in [-0.1, -0.05) is 25.1 Å². The van der Waals surface area contributed by atoms with E-state index in [-0.39, 0.29) is 18.5 Å². The molecule has 2 heterocycles. The highest BCUT2D eigenvalue weighted by molar-refractivity contribution is 5.92. The van der Waals surface area contributed by atoms with Crippen LogP contribution in [0.1, 0.15) is 24.8 Å². The van der Waals surface area contributed by atoms with Gasteiger partial charge in [0.15, 0.2) is 0 Å². The second-order valence-electron chi connectivity index (χ2n) is 4.27. The molecule has 0 saturated heterocycles. The monoisotopic (exact) mass is 252 g/mol. The molecule has 0 radical (unpaired) electrons. The standard InChI is InChI=1S/C13H16N2O.ClH/c1-2-10-12(13-14-7-8-15-13)9-5-3-4-6-11(9)16-10;/h3-6,10,12H,2,7-8H2,1H3,(H,14,15);1H. The Bertz CT molecular complexity index is 433. The van der Waals surface area contributed by atoms with Crippen molar-refractivity contribution in [2.24, 2.45) is 4.99 Å². The summed E-state index contributed by atoms with van der Waals surface area (Å²) in [5.74, 6) is 2.44. The summed E-state index contributed by atoms with van der Waals surface area (Å²) in [4.78, 5) is 4.54. The van der Waals surface area contributed by atoms with Gasteiger partial charge < -0.3 is 10.1 Å². The lowest BCUT2D eigenvalue weighted by atomic mass is 9.93. The Labute approximate surface area is 108 Å². The second-order valence-corrected chi connectivity index (χ2v) is 4.27. The molecule has 2 atom stereocenters. The number of benzene rings is 1. The van der Waals surface area contributed by atoms with E-state index in [4.69, 9.17) is 4.74 Å². The molecular weight excluding hydrogens is 236 g/mol. The van der Waals surface area contributed by atoms with Crippen LogP contribution in [0.2, 0.25) is 0 Å². The fraction of sp³-hybridized carbons (Fsp3) is 0.462. The SMILES string of the molecule is CCC1Oc2ccccc2C1C1=NCCN1.Cl. The summed E-state index contributed by atoms with van der Waals surface area (Å²) in [5, 5.41) is 3.37. The first-order chi connectivity index (χ1) is 7.90. The second kappa shape index (κ2) is 4.96. The number of aliphatic imine (C=N–C) groups is 1. The lowest BCUT2D eigenvalue weighted by Gasteiger charge is -2.17. The summed E-state index contributed by atoms with van der Waals surface area (Å²) >= 11 is 0. The van der Waals surface area contributed by atoms with Crippen LogP contribution in [0.15, 0.2) is 29.3 Å². The highest BCUT2D eigenvalue weighted by Gasteiger charge is 2.37. The number of fused-ring (bicyclic) bond motifs is 1. The Hall–Kier alpha value is -1.22. The van der Waals surface area contributed by atoms with Gasteiger partial charge in [-0.2, -0.15) is 0 Å². The zero-order valence-corrected chi connectivity index (χ0v) is 10.7. The van der Waals surface area contributed by atoms with Crippen LogP contribution in [0, 0.1) is 0 Å². The first-order valence-corrected chi connectivity index (χ1v) is 5.94. The molecule has 0 spiro atoms. The van der Waals surface area contributed by atoms with Crippen LogP contribution < -0.4 is 10.1 Å². The van der Waals surface area contributed by atoms with Gasteiger partial charge >= 0.3 is 0 Å². The summed E-state index contributed by atoms with van der Waals surface area (Å²) < 4.78 is 5.96. The third kappa shape index (κ3) is 2.00. The van der Waals surface area contributed by atoms with E-state index in [0.717, 1.165) is 31.1 Å². The van der Waals surface area contributed by atoms with E-state index in [1.165, 1.54) is 5.56 Å². The molecule has 17 heavy (non-hydrogen) atoms. The van der Waals surface area contributed by atoms with Crippen molar-refractivity contribution >= 4 is 18.2 Å². The van der Waals surface area contributed by atoms with Crippen LogP contribution in [-0.4, -0.2) is 25.0 Å². The normalized spacial score (nSPS) is 25.4. The van der Waals surface area contributed by atoms with Gasteiger partial charge in [0.05, 0.1) is 12.5 Å². The molecule has 0 bridgehead atoms. The number of para-hydroxylation sites is 1. The minimum Gasteiger partial charge on any atom is -0.489 e. The van der Waals surface area contributed by atoms with Crippen molar-refractivity contribution in [3.8, 4) is 5.75 Å². The maximum absolute atomic E-state index is 5.96. The van der Waals surface area contributed by atoms with Gasteiger partial charge in [0.25, 0.3) is 0 Å². The summed E-state index contributed by atoms with van der Waals surface area (Å²) in [7, 11) is 0. The summed E-state index contributed by atoms with van der Waals surface area (Å²) in [6.07, 6.45) is 1.25. The lowest BCUT2D eigenvalue weighted by molar-refractivity contribution is 0.219. The topological polar surface area (TPSA) is 33.6 Å². The van der Waals surface area contributed by atoms with Crippen LogP contribution in [0.4, 0.5) is 0 Å². The molecule has 4 heteroatoms. The van der Waals surface area contributed by atoms with Crippen molar-refractivity contribution in [2.75, 3.05) is 13.1 Å². The maximum Gasteiger partial charge on any atom is 0.123 e. The van der Waals surface area contributed by atoms with Crippen LogP contribution in [0.25, 0.3) is 0 Å². The predicted molar refractivity (Wildman–Crippen MR) is 71.4 cm³/mol. The summed E-state index contributed by atoms with van der Waals surface area (Å²) in [5.41, 5.74) is 1.28. The third-order valence-corrected chi connectivity index (χ3v) is 3.30.